The molecular formula is C16H30N2O2. The summed E-state index contributed by atoms with van der Waals surface area (Å²) in [7, 11) is 1.69. The Kier molecular flexibility index (Phi) is 5.85. The number of amides is 1. The molecule has 4 nitrogen and oxygen atoms in total. The van der Waals surface area contributed by atoms with Crippen LogP contribution in [0.25, 0.3) is 0 Å². The molecule has 2 aliphatic rings. The lowest BCUT2D eigenvalue weighted by molar-refractivity contribution is -0.134. The number of carbonyl (C=O) groups excluding carboxylic acids is 1. The third-order valence-electron chi connectivity index (χ3n) is 4.62. The van der Waals surface area contributed by atoms with Gasteiger partial charge in [0.05, 0.1) is 12.6 Å². The van der Waals surface area contributed by atoms with Gasteiger partial charge >= 0.3 is 0 Å². The van der Waals surface area contributed by atoms with Gasteiger partial charge in [0.25, 0.3) is 0 Å². The summed E-state index contributed by atoms with van der Waals surface area (Å²) in [5, 5.41) is 3.59. The van der Waals surface area contributed by atoms with Crippen molar-refractivity contribution in [3.05, 3.63) is 0 Å². The van der Waals surface area contributed by atoms with E-state index in [1.165, 1.54) is 25.7 Å². The summed E-state index contributed by atoms with van der Waals surface area (Å²) in [4.78, 5) is 14.7. The maximum atomic E-state index is 12.7. The minimum absolute atomic E-state index is 0.0405. The predicted octanol–water partition coefficient (Wildman–Crippen LogP) is 2.04. The van der Waals surface area contributed by atoms with Crippen LogP contribution in [0.1, 0.15) is 46.0 Å². The summed E-state index contributed by atoms with van der Waals surface area (Å²) in [6.45, 7) is 6.48. The average molecular weight is 282 g/mol. The second kappa shape index (κ2) is 7.41. The number of fused-ring (bicyclic) bond motifs is 1. The maximum Gasteiger partial charge on any atom is 0.239 e. The Hall–Kier alpha value is -0.610. The van der Waals surface area contributed by atoms with Crippen molar-refractivity contribution < 1.29 is 9.53 Å². The van der Waals surface area contributed by atoms with Crippen molar-refractivity contribution in [1.29, 1.82) is 0 Å². The standard InChI is InChI=1S/C16H30N2O2/c1-12(2)11-18(8-9-20-3)16(19)15-10-13-6-4-5-7-14(13)17-15/h12-15,17H,4-11H2,1-3H3. The zero-order chi connectivity index (χ0) is 14.5. The fourth-order valence-corrected chi connectivity index (χ4v) is 3.66. The van der Waals surface area contributed by atoms with Gasteiger partial charge in [-0.05, 0) is 31.1 Å². The van der Waals surface area contributed by atoms with E-state index in [-0.39, 0.29) is 11.9 Å². The number of nitrogens with zero attached hydrogens (tertiary/aromatic N) is 1. The molecule has 3 unspecified atom stereocenters. The lowest BCUT2D eigenvalue weighted by Crippen LogP contribution is -2.47. The molecule has 0 radical (unpaired) electrons. The Morgan fingerprint density at radius 1 is 1.35 bits per heavy atom. The summed E-state index contributed by atoms with van der Waals surface area (Å²) in [6, 6.07) is 0.625. The molecule has 3 atom stereocenters. The molecule has 0 aromatic rings. The van der Waals surface area contributed by atoms with Gasteiger partial charge in [-0.15, -0.1) is 0 Å². The van der Waals surface area contributed by atoms with Gasteiger partial charge in [0.2, 0.25) is 5.91 Å². The van der Waals surface area contributed by atoms with Crippen molar-refractivity contribution in [1.82, 2.24) is 10.2 Å². The highest BCUT2D eigenvalue weighted by molar-refractivity contribution is 5.82. The highest BCUT2D eigenvalue weighted by Gasteiger charge is 2.39. The summed E-state index contributed by atoms with van der Waals surface area (Å²) in [5.74, 6) is 1.51. The topological polar surface area (TPSA) is 41.6 Å². The first-order valence-electron chi connectivity index (χ1n) is 8.15. The van der Waals surface area contributed by atoms with Crippen LogP contribution >= 0.6 is 0 Å². The highest BCUT2D eigenvalue weighted by Crippen LogP contribution is 2.33. The predicted molar refractivity (Wildman–Crippen MR) is 80.6 cm³/mol. The average Bonchev–Trinajstić information content (AvgIpc) is 2.86. The summed E-state index contributed by atoms with van der Waals surface area (Å²) in [6.07, 6.45) is 6.23. The quantitative estimate of drug-likeness (QED) is 0.810. The second-order valence-electron chi connectivity index (χ2n) is 6.78. The molecule has 1 heterocycles. The normalized spacial score (nSPS) is 29.5. The van der Waals surface area contributed by atoms with E-state index in [0.29, 0.717) is 25.1 Å². The number of hydrogen-bond donors (Lipinski definition) is 1. The Morgan fingerprint density at radius 3 is 2.75 bits per heavy atom. The Bertz CT molecular complexity index is 306. The number of rotatable bonds is 6. The van der Waals surface area contributed by atoms with E-state index in [9.17, 15) is 4.79 Å². The van der Waals surface area contributed by atoms with Gasteiger partial charge < -0.3 is 15.0 Å². The third-order valence-corrected chi connectivity index (χ3v) is 4.62. The first-order chi connectivity index (χ1) is 9.61. The van der Waals surface area contributed by atoms with Gasteiger partial charge in [0, 0.05) is 26.2 Å². The molecule has 1 aliphatic heterocycles. The molecule has 2 fully saturated rings. The van der Waals surface area contributed by atoms with E-state index in [1.54, 1.807) is 7.11 Å². The largest absolute Gasteiger partial charge is 0.383 e. The van der Waals surface area contributed by atoms with Crippen LogP contribution in [0.4, 0.5) is 0 Å². The lowest BCUT2D eigenvalue weighted by Gasteiger charge is -2.27. The third kappa shape index (κ3) is 3.95. The molecule has 0 spiro atoms. The SMILES string of the molecule is COCCN(CC(C)C)C(=O)C1CC2CCCCC2N1. The van der Waals surface area contributed by atoms with Crippen LogP contribution in [-0.4, -0.2) is 49.7 Å². The van der Waals surface area contributed by atoms with E-state index < -0.39 is 0 Å². The van der Waals surface area contributed by atoms with Gasteiger partial charge in [-0.3, -0.25) is 4.79 Å². The van der Waals surface area contributed by atoms with Gasteiger partial charge in [0.15, 0.2) is 0 Å². The highest BCUT2D eigenvalue weighted by atomic mass is 16.5. The van der Waals surface area contributed by atoms with Crippen LogP contribution in [-0.2, 0) is 9.53 Å². The van der Waals surface area contributed by atoms with Crippen molar-refractivity contribution in [2.75, 3.05) is 26.8 Å². The van der Waals surface area contributed by atoms with Crippen molar-refractivity contribution in [2.24, 2.45) is 11.8 Å². The fraction of sp³-hybridized carbons (Fsp3) is 0.938. The van der Waals surface area contributed by atoms with E-state index in [2.05, 4.69) is 19.2 Å². The summed E-state index contributed by atoms with van der Waals surface area (Å²) in [5.41, 5.74) is 0. The van der Waals surface area contributed by atoms with E-state index in [4.69, 9.17) is 4.74 Å². The molecule has 4 heteroatoms. The molecule has 116 valence electrons. The summed E-state index contributed by atoms with van der Waals surface area (Å²) >= 11 is 0. The Morgan fingerprint density at radius 2 is 2.10 bits per heavy atom. The summed E-state index contributed by atoms with van der Waals surface area (Å²) < 4.78 is 5.15. The van der Waals surface area contributed by atoms with Crippen LogP contribution in [0.3, 0.4) is 0 Å². The number of ether oxygens (including phenoxy) is 1. The van der Waals surface area contributed by atoms with Gasteiger partial charge in [-0.2, -0.15) is 0 Å². The molecule has 0 aromatic carbocycles. The van der Waals surface area contributed by atoms with Crippen molar-refractivity contribution in [3.8, 4) is 0 Å². The molecule has 20 heavy (non-hydrogen) atoms. The van der Waals surface area contributed by atoms with Crippen LogP contribution in [0.5, 0.6) is 0 Å². The first kappa shape index (κ1) is 15.8. The number of hydrogen-bond acceptors (Lipinski definition) is 3. The minimum atomic E-state index is 0.0405. The van der Waals surface area contributed by atoms with Crippen LogP contribution in [0, 0.1) is 11.8 Å². The van der Waals surface area contributed by atoms with Crippen LogP contribution < -0.4 is 5.32 Å². The maximum absolute atomic E-state index is 12.7. The Labute approximate surface area is 123 Å². The Balaban J connectivity index is 1.92. The molecular weight excluding hydrogens is 252 g/mol. The van der Waals surface area contributed by atoms with Gasteiger partial charge in [-0.1, -0.05) is 26.7 Å². The smallest absolute Gasteiger partial charge is 0.239 e. The zero-order valence-electron chi connectivity index (χ0n) is 13.2. The molecule has 1 N–H and O–H groups in total. The fourth-order valence-electron chi connectivity index (χ4n) is 3.66. The second-order valence-corrected chi connectivity index (χ2v) is 6.78. The number of carbonyl (C=O) groups is 1. The lowest BCUT2D eigenvalue weighted by atomic mass is 9.85. The first-order valence-corrected chi connectivity index (χ1v) is 8.15. The van der Waals surface area contributed by atoms with Crippen molar-refractivity contribution in [3.63, 3.8) is 0 Å². The minimum Gasteiger partial charge on any atom is -0.383 e. The van der Waals surface area contributed by atoms with E-state index in [1.807, 2.05) is 4.90 Å². The monoisotopic (exact) mass is 282 g/mol. The van der Waals surface area contributed by atoms with E-state index >= 15 is 0 Å². The number of methoxy groups -OCH3 is 1. The molecule has 1 amide bonds. The molecule has 0 bridgehead atoms. The molecule has 1 aliphatic carbocycles. The van der Waals surface area contributed by atoms with Crippen molar-refractivity contribution >= 4 is 5.91 Å². The molecule has 1 saturated heterocycles. The zero-order valence-corrected chi connectivity index (χ0v) is 13.2. The van der Waals surface area contributed by atoms with Crippen molar-refractivity contribution in [2.45, 2.75) is 58.0 Å². The van der Waals surface area contributed by atoms with Gasteiger partial charge in [-0.25, -0.2) is 0 Å². The van der Waals surface area contributed by atoms with E-state index in [0.717, 1.165) is 18.9 Å². The van der Waals surface area contributed by atoms with Crippen LogP contribution in [0.2, 0.25) is 0 Å². The van der Waals surface area contributed by atoms with Gasteiger partial charge in [0.1, 0.15) is 0 Å². The number of nitrogens with one attached hydrogen (secondary N) is 1. The molecule has 1 saturated carbocycles. The molecule has 2 rings (SSSR count). The van der Waals surface area contributed by atoms with Crippen LogP contribution in [0.15, 0.2) is 0 Å². The molecule has 0 aromatic heterocycles.